The molecule has 1 unspecified atom stereocenters. The topological polar surface area (TPSA) is 58.6 Å². The predicted molar refractivity (Wildman–Crippen MR) is 68.0 cm³/mol. The molecule has 1 atom stereocenters. The van der Waals surface area contributed by atoms with Gasteiger partial charge < -0.3 is 15.0 Å². The van der Waals surface area contributed by atoms with Crippen molar-refractivity contribution >= 4 is 27.7 Å². The van der Waals surface area contributed by atoms with Gasteiger partial charge in [0.15, 0.2) is 0 Å². The second-order valence-electron chi connectivity index (χ2n) is 4.61. The van der Waals surface area contributed by atoms with Gasteiger partial charge >= 0.3 is 0 Å². The molecular formula is C11H19BrN2O3. The van der Waals surface area contributed by atoms with Crippen molar-refractivity contribution in [2.24, 2.45) is 0 Å². The number of rotatable bonds is 3. The first-order chi connectivity index (χ1) is 7.82. The Kier molecular flexibility index (Phi) is 4.94. The Morgan fingerprint density at radius 3 is 2.35 bits per heavy atom. The smallest absolute Gasteiger partial charge is 0.245 e. The SMILES string of the molecule is CC(NC(=O)C(C)(C)Br)C(=O)N1CCOCC1. The van der Waals surface area contributed by atoms with Gasteiger partial charge in [-0.25, -0.2) is 0 Å². The second kappa shape index (κ2) is 5.82. The van der Waals surface area contributed by atoms with Crippen LogP contribution in [0.2, 0.25) is 0 Å². The molecule has 17 heavy (non-hydrogen) atoms. The van der Waals surface area contributed by atoms with Crippen molar-refractivity contribution < 1.29 is 14.3 Å². The van der Waals surface area contributed by atoms with Crippen LogP contribution in [0.1, 0.15) is 20.8 Å². The quantitative estimate of drug-likeness (QED) is 0.774. The van der Waals surface area contributed by atoms with Crippen LogP contribution in [0, 0.1) is 0 Å². The fourth-order valence-corrected chi connectivity index (χ4v) is 1.60. The molecule has 0 radical (unpaired) electrons. The van der Waals surface area contributed by atoms with Gasteiger partial charge in [0.2, 0.25) is 11.8 Å². The molecule has 1 saturated heterocycles. The van der Waals surface area contributed by atoms with E-state index in [9.17, 15) is 9.59 Å². The molecule has 0 aromatic carbocycles. The number of ether oxygens (including phenoxy) is 1. The van der Waals surface area contributed by atoms with E-state index >= 15 is 0 Å². The number of alkyl halides is 1. The number of nitrogens with one attached hydrogen (secondary N) is 1. The van der Waals surface area contributed by atoms with Crippen LogP contribution in [0.5, 0.6) is 0 Å². The fourth-order valence-electron chi connectivity index (χ4n) is 1.49. The first kappa shape index (κ1) is 14.4. The molecule has 0 spiro atoms. The van der Waals surface area contributed by atoms with Crippen molar-refractivity contribution in [3.8, 4) is 0 Å². The third-order valence-electron chi connectivity index (χ3n) is 2.58. The molecule has 5 nitrogen and oxygen atoms in total. The highest BCUT2D eigenvalue weighted by Gasteiger charge is 2.29. The monoisotopic (exact) mass is 306 g/mol. The van der Waals surface area contributed by atoms with Crippen LogP contribution >= 0.6 is 15.9 Å². The molecule has 0 aromatic rings. The van der Waals surface area contributed by atoms with Crippen molar-refractivity contribution in [3.63, 3.8) is 0 Å². The van der Waals surface area contributed by atoms with Crippen molar-refractivity contribution in [3.05, 3.63) is 0 Å². The maximum atomic E-state index is 12.0. The Hall–Kier alpha value is -0.620. The van der Waals surface area contributed by atoms with Crippen LogP contribution in [-0.2, 0) is 14.3 Å². The van der Waals surface area contributed by atoms with Crippen LogP contribution in [0.4, 0.5) is 0 Å². The summed E-state index contributed by atoms with van der Waals surface area (Å²) in [5, 5.41) is 2.70. The largest absolute Gasteiger partial charge is 0.378 e. The lowest BCUT2D eigenvalue weighted by Crippen LogP contribution is -2.52. The molecule has 1 rings (SSSR count). The Morgan fingerprint density at radius 2 is 1.88 bits per heavy atom. The fraction of sp³-hybridized carbons (Fsp3) is 0.818. The highest BCUT2D eigenvalue weighted by molar-refractivity contribution is 9.10. The van der Waals surface area contributed by atoms with Gasteiger partial charge in [0.1, 0.15) is 6.04 Å². The molecule has 6 heteroatoms. The molecule has 1 N–H and O–H groups in total. The number of hydrogen-bond donors (Lipinski definition) is 1. The number of amides is 2. The minimum atomic E-state index is -0.660. The second-order valence-corrected chi connectivity index (χ2v) is 6.59. The number of halogens is 1. The van der Waals surface area contributed by atoms with Crippen molar-refractivity contribution in [1.29, 1.82) is 0 Å². The lowest BCUT2D eigenvalue weighted by atomic mass is 10.2. The zero-order chi connectivity index (χ0) is 13.1. The third kappa shape index (κ3) is 4.27. The molecule has 1 heterocycles. The number of carbonyl (C=O) groups is 2. The first-order valence-electron chi connectivity index (χ1n) is 5.69. The average Bonchev–Trinajstić information content (AvgIpc) is 2.27. The molecule has 1 aliphatic heterocycles. The summed E-state index contributed by atoms with van der Waals surface area (Å²) in [5.41, 5.74) is 0. The van der Waals surface area contributed by atoms with Gasteiger partial charge in [-0.1, -0.05) is 15.9 Å². The van der Waals surface area contributed by atoms with E-state index in [1.165, 1.54) is 0 Å². The van der Waals surface area contributed by atoms with Gasteiger partial charge in [0.25, 0.3) is 0 Å². The minimum Gasteiger partial charge on any atom is -0.378 e. The number of nitrogens with zero attached hydrogens (tertiary/aromatic N) is 1. The van der Waals surface area contributed by atoms with Gasteiger partial charge in [0, 0.05) is 13.1 Å². The predicted octanol–water partition coefficient (Wildman–Crippen LogP) is 0.523. The minimum absolute atomic E-state index is 0.0570. The Morgan fingerprint density at radius 1 is 1.35 bits per heavy atom. The van der Waals surface area contributed by atoms with Crippen LogP contribution in [0.3, 0.4) is 0 Å². The zero-order valence-corrected chi connectivity index (χ0v) is 12.0. The zero-order valence-electron chi connectivity index (χ0n) is 10.5. The number of morpholine rings is 1. The van der Waals surface area contributed by atoms with E-state index in [1.807, 2.05) is 0 Å². The summed E-state index contributed by atoms with van der Waals surface area (Å²) in [5.74, 6) is -0.245. The lowest BCUT2D eigenvalue weighted by Gasteiger charge is -2.30. The normalized spacial score (nSPS) is 18.7. The molecule has 0 aliphatic carbocycles. The molecule has 0 saturated carbocycles. The molecule has 1 fully saturated rings. The van der Waals surface area contributed by atoms with Crippen molar-refractivity contribution in [1.82, 2.24) is 10.2 Å². The Balaban J connectivity index is 2.49. The Labute approximate surface area is 110 Å². The molecule has 2 amide bonds. The van der Waals surface area contributed by atoms with Crippen LogP contribution in [-0.4, -0.2) is 53.4 Å². The van der Waals surface area contributed by atoms with E-state index in [-0.39, 0.29) is 11.8 Å². The Bertz CT molecular complexity index is 296. The lowest BCUT2D eigenvalue weighted by molar-refractivity contribution is -0.139. The number of carbonyl (C=O) groups excluding carboxylic acids is 2. The first-order valence-corrected chi connectivity index (χ1v) is 6.48. The average molecular weight is 307 g/mol. The van der Waals surface area contributed by atoms with Gasteiger partial charge in [0.05, 0.1) is 17.5 Å². The van der Waals surface area contributed by atoms with Crippen LogP contribution in [0.15, 0.2) is 0 Å². The van der Waals surface area contributed by atoms with E-state index in [1.54, 1.807) is 25.7 Å². The molecule has 0 bridgehead atoms. The maximum Gasteiger partial charge on any atom is 0.245 e. The van der Waals surface area contributed by atoms with E-state index in [2.05, 4.69) is 21.2 Å². The summed E-state index contributed by atoms with van der Waals surface area (Å²) in [6.45, 7) is 7.51. The van der Waals surface area contributed by atoms with Gasteiger partial charge in [-0.05, 0) is 20.8 Å². The van der Waals surface area contributed by atoms with E-state index in [4.69, 9.17) is 4.74 Å². The number of hydrogen-bond acceptors (Lipinski definition) is 3. The van der Waals surface area contributed by atoms with Gasteiger partial charge in [-0.3, -0.25) is 9.59 Å². The summed E-state index contributed by atoms with van der Waals surface area (Å²) in [4.78, 5) is 25.4. The van der Waals surface area contributed by atoms with E-state index in [0.717, 1.165) is 0 Å². The summed E-state index contributed by atoms with van der Waals surface area (Å²) in [6.07, 6.45) is 0. The molecule has 98 valence electrons. The van der Waals surface area contributed by atoms with E-state index in [0.29, 0.717) is 26.3 Å². The summed E-state index contributed by atoms with van der Waals surface area (Å²) in [7, 11) is 0. The van der Waals surface area contributed by atoms with Gasteiger partial charge in [-0.15, -0.1) is 0 Å². The highest BCUT2D eigenvalue weighted by atomic mass is 79.9. The maximum absolute atomic E-state index is 12.0. The third-order valence-corrected chi connectivity index (χ3v) is 2.94. The highest BCUT2D eigenvalue weighted by Crippen LogP contribution is 2.15. The van der Waals surface area contributed by atoms with Crippen molar-refractivity contribution in [2.75, 3.05) is 26.3 Å². The van der Waals surface area contributed by atoms with E-state index < -0.39 is 10.4 Å². The standard InChI is InChI=1S/C11H19BrN2O3/c1-8(13-10(16)11(2,3)12)9(15)14-4-6-17-7-5-14/h8H,4-7H2,1-3H3,(H,13,16). The van der Waals surface area contributed by atoms with Gasteiger partial charge in [-0.2, -0.15) is 0 Å². The summed E-state index contributed by atoms with van der Waals surface area (Å²) in [6, 6.07) is -0.502. The summed E-state index contributed by atoms with van der Waals surface area (Å²) < 4.78 is 4.52. The molecule has 0 aromatic heterocycles. The van der Waals surface area contributed by atoms with Crippen molar-refractivity contribution in [2.45, 2.75) is 31.1 Å². The summed E-state index contributed by atoms with van der Waals surface area (Å²) >= 11 is 3.26. The van der Waals surface area contributed by atoms with Crippen LogP contribution in [0.25, 0.3) is 0 Å². The molecule has 1 aliphatic rings. The van der Waals surface area contributed by atoms with Crippen LogP contribution < -0.4 is 5.32 Å². The molecular weight excluding hydrogens is 288 g/mol.